The molecular formula is C12H16O5. The van der Waals surface area contributed by atoms with Gasteiger partial charge in [-0.1, -0.05) is 0 Å². The second-order valence-corrected chi connectivity index (χ2v) is 5.52. The molecule has 0 aromatic heterocycles. The molecule has 17 heavy (non-hydrogen) atoms. The van der Waals surface area contributed by atoms with Crippen molar-refractivity contribution in [3.8, 4) is 0 Å². The zero-order valence-corrected chi connectivity index (χ0v) is 9.55. The molecule has 94 valence electrons. The van der Waals surface area contributed by atoms with Crippen LogP contribution in [0.25, 0.3) is 0 Å². The molecule has 4 fully saturated rings. The predicted molar refractivity (Wildman–Crippen MR) is 55.9 cm³/mol. The summed E-state index contributed by atoms with van der Waals surface area (Å²) in [5.41, 5.74) is -0.567. The van der Waals surface area contributed by atoms with E-state index in [2.05, 4.69) is 0 Å². The number of carbonyl (C=O) groups is 2. The molecule has 4 atom stereocenters. The summed E-state index contributed by atoms with van der Waals surface area (Å²) in [6.45, 7) is -0.601. The van der Waals surface area contributed by atoms with Gasteiger partial charge >= 0.3 is 11.9 Å². The predicted octanol–water partition coefficient (Wildman–Crippen LogP) is 0.396. The topological polar surface area (TPSA) is 72.8 Å². The third-order valence-electron chi connectivity index (χ3n) is 4.17. The van der Waals surface area contributed by atoms with Crippen LogP contribution in [-0.4, -0.2) is 35.4 Å². The van der Waals surface area contributed by atoms with Gasteiger partial charge in [-0.05, 0) is 25.2 Å². The Bertz CT molecular complexity index is 366. The Labute approximate surface area is 99.1 Å². The Kier molecular flexibility index (Phi) is 2.40. The van der Waals surface area contributed by atoms with E-state index in [1.54, 1.807) is 0 Å². The number of hydrogen-bond donors (Lipinski definition) is 1. The van der Waals surface area contributed by atoms with Gasteiger partial charge in [0, 0.05) is 12.8 Å². The lowest BCUT2D eigenvalue weighted by molar-refractivity contribution is -0.176. The molecule has 5 nitrogen and oxygen atoms in total. The third-order valence-corrected chi connectivity index (χ3v) is 4.17. The molecule has 1 N–H and O–H groups in total. The summed E-state index contributed by atoms with van der Waals surface area (Å²) in [6.07, 6.45) is 3.60. The quantitative estimate of drug-likeness (QED) is 0.707. The van der Waals surface area contributed by atoms with Crippen molar-refractivity contribution in [1.29, 1.82) is 0 Å². The van der Waals surface area contributed by atoms with Crippen molar-refractivity contribution < 1.29 is 24.2 Å². The fourth-order valence-electron chi connectivity index (χ4n) is 3.77. The third kappa shape index (κ3) is 1.82. The first-order valence-electron chi connectivity index (χ1n) is 6.13. The van der Waals surface area contributed by atoms with Crippen LogP contribution in [0.4, 0.5) is 0 Å². The maximum atomic E-state index is 11.7. The fraction of sp³-hybridized carbons (Fsp3) is 0.833. The second-order valence-electron chi connectivity index (χ2n) is 5.52. The Balaban J connectivity index is 1.87. The van der Waals surface area contributed by atoms with Crippen LogP contribution in [0.2, 0.25) is 0 Å². The minimum Gasteiger partial charge on any atom is -0.462 e. The normalized spacial score (nSPS) is 43.1. The molecule has 0 radical (unpaired) electrons. The SMILES string of the molecule is O=C(CO)OC12CC3CC(C1)OC(=O)C(C3)C2. The average molecular weight is 240 g/mol. The van der Waals surface area contributed by atoms with Crippen molar-refractivity contribution in [1.82, 2.24) is 0 Å². The van der Waals surface area contributed by atoms with Crippen LogP contribution in [0.15, 0.2) is 0 Å². The zero-order chi connectivity index (χ0) is 12.0. The van der Waals surface area contributed by atoms with Crippen LogP contribution in [0.3, 0.4) is 0 Å². The molecule has 4 bridgehead atoms. The number of aliphatic hydroxyl groups is 1. The molecular weight excluding hydrogens is 224 g/mol. The van der Waals surface area contributed by atoms with Gasteiger partial charge in [-0.2, -0.15) is 0 Å². The van der Waals surface area contributed by atoms with Gasteiger partial charge in [-0.15, -0.1) is 0 Å². The van der Waals surface area contributed by atoms with Crippen molar-refractivity contribution in [2.24, 2.45) is 11.8 Å². The molecule has 2 heterocycles. The fourth-order valence-corrected chi connectivity index (χ4v) is 3.77. The zero-order valence-electron chi connectivity index (χ0n) is 9.55. The Hall–Kier alpha value is -1.10. The number of esters is 2. The van der Waals surface area contributed by atoms with E-state index in [9.17, 15) is 9.59 Å². The first-order chi connectivity index (χ1) is 8.10. The molecule has 2 aliphatic carbocycles. The molecule has 4 unspecified atom stereocenters. The van der Waals surface area contributed by atoms with Crippen LogP contribution in [0, 0.1) is 11.8 Å². The Morgan fingerprint density at radius 1 is 1.41 bits per heavy atom. The summed E-state index contributed by atoms with van der Waals surface area (Å²) >= 11 is 0. The number of fused-ring (bicyclic) bond motifs is 1. The Morgan fingerprint density at radius 2 is 2.24 bits per heavy atom. The summed E-state index contributed by atoms with van der Waals surface area (Å²) in [4.78, 5) is 23.0. The van der Waals surface area contributed by atoms with Gasteiger partial charge < -0.3 is 14.6 Å². The molecule has 2 aliphatic heterocycles. The lowest BCUT2D eigenvalue weighted by Gasteiger charge is -2.45. The summed E-state index contributed by atoms with van der Waals surface area (Å²) in [7, 11) is 0. The van der Waals surface area contributed by atoms with E-state index >= 15 is 0 Å². The molecule has 0 amide bonds. The number of ether oxygens (including phenoxy) is 2. The van der Waals surface area contributed by atoms with E-state index in [0.717, 1.165) is 19.3 Å². The van der Waals surface area contributed by atoms with Gasteiger partial charge in [0.25, 0.3) is 0 Å². The highest BCUT2D eigenvalue weighted by Gasteiger charge is 2.54. The van der Waals surface area contributed by atoms with Gasteiger partial charge in [-0.3, -0.25) is 4.79 Å². The van der Waals surface area contributed by atoms with E-state index in [1.807, 2.05) is 0 Å². The van der Waals surface area contributed by atoms with Gasteiger partial charge in [0.2, 0.25) is 0 Å². The van der Waals surface area contributed by atoms with Crippen LogP contribution < -0.4 is 0 Å². The molecule has 2 saturated heterocycles. The first-order valence-corrected chi connectivity index (χ1v) is 6.13. The lowest BCUT2D eigenvalue weighted by Crippen LogP contribution is -2.48. The summed E-state index contributed by atoms with van der Waals surface area (Å²) in [5, 5.41) is 8.79. The summed E-state index contributed by atoms with van der Waals surface area (Å²) < 4.78 is 10.8. The smallest absolute Gasteiger partial charge is 0.332 e. The van der Waals surface area contributed by atoms with Crippen molar-refractivity contribution in [2.45, 2.75) is 43.8 Å². The highest BCUT2D eigenvalue weighted by atomic mass is 16.6. The minimum absolute atomic E-state index is 0.111. The number of rotatable bonds is 2. The van der Waals surface area contributed by atoms with Crippen molar-refractivity contribution >= 4 is 11.9 Å². The minimum atomic E-state index is -0.601. The van der Waals surface area contributed by atoms with Crippen LogP contribution in [0.1, 0.15) is 32.1 Å². The van der Waals surface area contributed by atoms with E-state index in [-0.39, 0.29) is 18.0 Å². The van der Waals surface area contributed by atoms with E-state index in [0.29, 0.717) is 18.8 Å². The molecule has 0 aromatic rings. The van der Waals surface area contributed by atoms with Crippen molar-refractivity contribution in [3.63, 3.8) is 0 Å². The number of hydrogen-bond acceptors (Lipinski definition) is 5. The summed E-state index contributed by atoms with van der Waals surface area (Å²) in [5.74, 6) is -0.461. The van der Waals surface area contributed by atoms with Gasteiger partial charge in [0.15, 0.2) is 0 Å². The lowest BCUT2D eigenvalue weighted by atomic mass is 9.65. The second kappa shape index (κ2) is 3.70. The molecule has 0 aromatic carbocycles. The number of aliphatic hydroxyl groups excluding tert-OH is 1. The standard InChI is InChI=1S/C12H16O5/c13-6-10(14)17-12-3-7-1-8(4-12)11(15)16-9(2-7)5-12/h7-9,13H,1-6H2. The molecule has 0 spiro atoms. The molecule has 5 heteroatoms. The molecule has 2 saturated carbocycles. The van der Waals surface area contributed by atoms with Crippen LogP contribution in [0.5, 0.6) is 0 Å². The maximum absolute atomic E-state index is 11.7. The highest BCUT2D eigenvalue weighted by molar-refractivity contribution is 5.74. The maximum Gasteiger partial charge on any atom is 0.332 e. The molecule has 4 rings (SSSR count). The largest absolute Gasteiger partial charge is 0.462 e. The first kappa shape index (κ1) is 11.0. The van der Waals surface area contributed by atoms with E-state index < -0.39 is 18.2 Å². The number of carbonyl (C=O) groups excluding carboxylic acids is 2. The van der Waals surface area contributed by atoms with E-state index in [1.165, 1.54) is 0 Å². The van der Waals surface area contributed by atoms with Gasteiger partial charge in [-0.25, -0.2) is 4.79 Å². The van der Waals surface area contributed by atoms with Gasteiger partial charge in [0.1, 0.15) is 18.3 Å². The van der Waals surface area contributed by atoms with Crippen molar-refractivity contribution in [3.05, 3.63) is 0 Å². The Morgan fingerprint density at radius 3 is 3.00 bits per heavy atom. The van der Waals surface area contributed by atoms with Crippen LogP contribution in [-0.2, 0) is 19.1 Å². The average Bonchev–Trinajstić information content (AvgIpc) is 2.41. The van der Waals surface area contributed by atoms with E-state index in [4.69, 9.17) is 14.6 Å². The van der Waals surface area contributed by atoms with Gasteiger partial charge in [0.05, 0.1) is 5.92 Å². The monoisotopic (exact) mass is 240 g/mol. The highest BCUT2D eigenvalue weighted by Crippen LogP contribution is 2.51. The van der Waals surface area contributed by atoms with Crippen molar-refractivity contribution in [2.75, 3.05) is 6.61 Å². The van der Waals surface area contributed by atoms with Crippen LogP contribution >= 0.6 is 0 Å². The molecule has 4 aliphatic rings. The summed E-state index contributed by atoms with van der Waals surface area (Å²) in [6, 6.07) is 0.